The number of hydrogen-bond acceptors (Lipinski definition) is 12. The first-order chi connectivity index (χ1) is 27.3. The number of carbonyl (C=O) groups excluding carboxylic acids is 4. The van der Waals surface area contributed by atoms with Crippen LogP contribution in [0.25, 0.3) is 22.3 Å². The Bertz CT molecular complexity index is 1730. The van der Waals surface area contributed by atoms with Crippen LogP contribution in [0.2, 0.25) is 0 Å². The molecule has 58 heavy (non-hydrogen) atoms. The van der Waals surface area contributed by atoms with E-state index in [1.807, 2.05) is 109 Å². The maximum absolute atomic E-state index is 12.3. The summed E-state index contributed by atoms with van der Waals surface area (Å²) in [6, 6.07) is 35.9. The second kappa shape index (κ2) is 22.5. The molecule has 0 aliphatic heterocycles. The van der Waals surface area contributed by atoms with E-state index in [2.05, 4.69) is 9.47 Å². The minimum absolute atomic E-state index is 0.0354. The first-order valence-electron chi connectivity index (χ1n) is 19.0. The van der Waals surface area contributed by atoms with Gasteiger partial charge in [0.05, 0.1) is 27.3 Å². The van der Waals surface area contributed by atoms with Crippen LogP contribution in [-0.2, 0) is 51.2 Å². The van der Waals surface area contributed by atoms with Crippen LogP contribution in [0.15, 0.2) is 109 Å². The molecule has 0 aliphatic carbocycles. The van der Waals surface area contributed by atoms with Gasteiger partial charge in [-0.15, -0.1) is 0 Å². The molecular formula is C46H58N2O10. The highest BCUT2D eigenvalue weighted by Gasteiger charge is 2.26. The molecule has 0 aliphatic rings. The summed E-state index contributed by atoms with van der Waals surface area (Å²) >= 11 is 0. The molecule has 0 unspecified atom stereocenters. The lowest BCUT2D eigenvalue weighted by Gasteiger charge is -2.26. The van der Waals surface area contributed by atoms with Crippen molar-refractivity contribution < 1.29 is 48.3 Å². The summed E-state index contributed by atoms with van der Waals surface area (Å²) in [6.07, 6.45) is -2.68. The molecule has 0 heterocycles. The molecule has 4 aromatic carbocycles. The Morgan fingerprint density at radius 3 is 1.07 bits per heavy atom. The molecule has 312 valence electrons. The predicted molar refractivity (Wildman–Crippen MR) is 222 cm³/mol. The minimum Gasteiger partial charge on any atom is -0.467 e. The number of esters is 4. The molecule has 0 saturated heterocycles. The molecule has 0 aromatic heterocycles. The number of rotatable bonds is 16. The highest BCUT2D eigenvalue weighted by atomic mass is 16.6. The van der Waals surface area contributed by atoms with Gasteiger partial charge in [0.25, 0.3) is 0 Å². The van der Waals surface area contributed by atoms with Crippen molar-refractivity contribution in [1.82, 2.24) is 9.80 Å². The highest BCUT2D eigenvalue weighted by molar-refractivity contribution is 5.76. The fourth-order valence-corrected chi connectivity index (χ4v) is 5.78. The Hall–Kier alpha value is -5.40. The maximum Gasteiger partial charge on any atom is 0.336 e. The van der Waals surface area contributed by atoms with Gasteiger partial charge in [0.2, 0.25) is 0 Å². The van der Waals surface area contributed by atoms with Gasteiger partial charge in [0.1, 0.15) is 11.2 Å². The summed E-state index contributed by atoms with van der Waals surface area (Å²) in [6.45, 7) is 11.3. The molecule has 4 aromatic rings. The van der Waals surface area contributed by atoms with Crippen molar-refractivity contribution in [2.45, 2.75) is 78.0 Å². The third kappa shape index (κ3) is 17.4. The number of nitrogens with zero attached hydrogens (tertiary/aromatic N) is 2. The van der Waals surface area contributed by atoms with E-state index in [9.17, 15) is 29.4 Å². The van der Waals surface area contributed by atoms with Gasteiger partial charge in [-0.2, -0.15) is 0 Å². The predicted octanol–water partition coefficient (Wildman–Crippen LogP) is 6.06. The van der Waals surface area contributed by atoms with Crippen molar-refractivity contribution >= 4 is 23.9 Å². The SMILES string of the molecule is COC(=O)[C@@H](O)CN(CC(=O)OC(C)(C)C)Cc1ccc(-c2ccccc2)cc1.COC(=O)[C@H](O)CN(CC(=O)OC(C)(C)C)Cc1ccc(-c2ccccc2)cc1. The molecule has 2 N–H and O–H groups in total. The average Bonchev–Trinajstić information content (AvgIpc) is 3.17. The van der Waals surface area contributed by atoms with E-state index in [1.165, 1.54) is 14.2 Å². The van der Waals surface area contributed by atoms with E-state index in [1.54, 1.807) is 51.3 Å². The van der Waals surface area contributed by atoms with Gasteiger partial charge < -0.3 is 29.2 Å². The molecule has 4 rings (SSSR count). The van der Waals surface area contributed by atoms with Gasteiger partial charge in [-0.3, -0.25) is 19.4 Å². The lowest BCUT2D eigenvalue weighted by molar-refractivity contribution is -0.159. The van der Waals surface area contributed by atoms with Crippen molar-refractivity contribution in [3.05, 3.63) is 120 Å². The third-order valence-electron chi connectivity index (χ3n) is 8.29. The highest BCUT2D eigenvalue weighted by Crippen LogP contribution is 2.22. The molecule has 12 nitrogen and oxygen atoms in total. The van der Waals surface area contributed by atoms with Crippen molar-refractivity contribution in [2.75, 3.05) is 40.4 Å². The van der Waals surface area contributed by atoms with Crippen LogP contribution in [-0.4, -0.2) is 108 Å². The minimum atomic E-state index is -1.34. The summed E-state index contributed by atoms with van der Waals surface area (Å²) in [5.41, 5.74) is 5.08. The number of aliphatic hydroxyl groups excluding tert-OH is 2. The first kappa shape index (κ1) is 47.0. The van der Waals surface area contributed by atoms with Gasteiger partial charge in [0.15, 0.2) is 12.2 Å². The van der Waals surface area contributed by atoms with E-state index in [-0.39, 0.29) is 26.2 Å². The largest absolute Gasteiger partial charge is 0.467 e. The average molecular weight is 799 g/mol. The molecule has 2 atom stereocenters. The maximum atomic E-state index is 12.3. The van der Waals surface area contributed by atoms with Crippen molar-refractivity contribution in [1.29, 1.82) is 0 Å². The number of carbonyl (C=O) groups is 4. The fraction of sp³-hybridized carbons (Fsp3) is 0.391. The van der Waals surface area contributed by atoms with Crippen LogP contribution in [0.4, 0.5) is 0 Å². The normalized spacial score (nSPS) is 12.5. The van der Waals surface area contributed by atoms with Crippen LogP contribution in [0.5, 0.6) is 0 Å². The molecule has 0 spiro atoms. The molecule has 0 bridgehead atoms. The van der Waals surface area contributed by atoms with Crippen molar-refractivity contribution in [2.24, 2.45) is 0 Å². The molecular weight excluding hydrogens is 741 g/mol. The van der Waals surface area contributed by atoms with E-state index < -0.39 is 47.3 Å². The van der Waals surface area contributed by atoms with E-state index in [0.717, 1.165) is 33.4 Å². The fourth-order valence-electron chi connectivity index (χ4n) is 5.78. The van der Waals surface area contributed by atoms with E-state index in [0.29, 0.717) is 13.1 Å². The van der Waals surface area contributed by atoms with E-state index in [4.69, 9.17) is 9.47 Å². The van der Waals surface area contributed by atoms with Crippen LogP contribution in [0.1, 0.15) is 52.7 Å². The first-order valence-corrected chi connectivity index (χ1v) is 19.0. The molecule has 0 radical (unpaired) electrons. The number of ether oxygens (including phenoxy) is 4. The van der Waals surface area contributed by atoms with Crippen LogP contribution in [0.3, 0.4) is 0 Å². The monoisotopic (exact) mass is 798 g/mol. The number of methoxy groups -OCH3 is 2. The standard InChI is InChI=1S/2C23H29NO5/c2*1-23(2,3)29-21(26)16-24(15-20(25)22(27)28-4)14-17-10-12-19(13-11-17)18-8-6-5-7-9-18/h2*5-13,20,25H,14-16H2,1-4H3/t2*20-/m10/s1. The Morgan fingerprint density at radius 1 is 0.500 bits per heavy atom. The van der Waals surface area contributed by atoms with Gasteiger partial charge in [0, 0.05) is 26.2 Å². The summed E-state index contributed by atoms with van der Waals surface area (Å²) in [7, 11) is 2.43. The Morgan fingerprint density at radius 2 is 0.793 bits per heavy atom. The summed E-state index contributed by atoms with van der Waals surface area (Å²) in [5, 5.41) is 20.1. The zero-order valence-corrected chi connectivity index (χ0v) is 34.8. The van der Waals surface area contributed by atoms with Crippen LogP contribution >= 0.6 is 0 Å². The molecule has 0 amide bonds. The van der Waals surface area contributed by atoms with Gasteiger partial charge in [-0.05, 0) is 74.9 Å². The zero-order chi connectivity index (χ0) is 42.9. The number of hydrogen-bond donors (Lipinski definition) is 2. The van der Waals surface area contributed by atoms with Crippen molar-refractivity contribution in [3.63, 3.8) is 0 Å². The summed E-state index contributed by atoms with van der Waals surface area (Å²) in [4.78, 5) is 51.1. The Balaban J connectivity index is 0.000000310. The lowest BCUT2D eigenvalue weighted by Crippen LogP contribution is -2.41. The van der Waals surface area contributed by atoms with Crippen LogP contribution in [0, 0.1) is 0 Å². The Kier molecular flexibility index (Phi) is 18.2. The van der Waals surface area contributed by atoms with Gasteiger partial charge in [-0.25, -0.2) is 9.59 Å². The van der Waals surface area contributed by atoms with Gasteiger partial charge in [-0.1, -0.05) is 109 Å². The number of benzene rings is 4. The van der Waals surface area contributed by atoms with E-state index >= 15 is 0 Å². The molecule has 0 fully saturated rings. The molecule has 12 heteroatoms. The lowest BCUT2D eigenvalue weighted by atomic mass is 10.0. The summed E-state index contributed by atoms with van der Waals surface area (Å²) in [5.74, 6) is -2.32. The van der Waals surface area contributed by atoms with Gasteiger partial charge >= 0.3 is 23.9 Å². The Labute approximate surface area is 342 Å². The van der Waals surface area contributed by atoms with Crippen LogP contribution < -0.4 is 0 Å². The smallest absolute Gasteiger partial charge is 0.336 e. The second-order valence-corrected chi connectivity index (χ2v) is 15.7. The molecule has 0 saturated carbocycles. The van der Waals surface area contributed by atoms with Crippen molar-refractivity contribution in [3.8, 4) is 22.3 Å². The summed E-state index contributed by atoms with van der Waals surface area (Å²) < 4.78 is 19.9. The second-order valence-electron chi connectivity index (χ2n) is 15.7. The number of aliphatic hydroxyl groups is 2. The topological polar surface area (TPSA) is 152 Å². The zero-order valence-electron chi connectivity index (χ0n) is 34.8. The third-order valence-corrected chi connectivity index (χ3v) is 8.29. The quantitative estimate of drug-likeness (QED) is 0.100.